The molecule has 1 heterocycles. The van der Waals surface area contributed by atoms with Gasteiger partial charge in [0.25, 0.3) is 5.91 Å². The number of carbonyl (C=O) groups is 1. The van der Waals surface area contributed by atoms with E-state index >= 15 is 0 Å². The average molecular weight is 377 g/mol. The Kier molecular flexibility index (Phi) is 4.37. The maximum atomic E-state index is 14.8. The van der Waals surface area contributed by atoms with Gasteiger partial charge in [-0.3, -0.25) is 4.79 Å². The minimum atomic E-state index is -3.21. The van der Waals surface area contributed by atoms with Crippen LogP contribution in [-0.2, 0) is 4.57 Å². The highest BCUT2D eigenvalue weighted by Gasteiger charge is 2.49. The predicted octanol–water partition coefficient (Wildman–Crippen LogP) is 3.79. The number of fused-ring (bicyclic) bond motifs is 1. The summed E-state index contributed by atoms with van der Waals surface area (Å²) in [6.45, 7) is 0. The van der Waals surface area contributed by atoms with Crippen LogP contribution in [0.1, 0.15) is 21.7 Å². The molecule has 0 radical (unpaired) electrons. The summed E-state index contributed by atoms with van der Waals surface area (Å²) >= 11 is 0. The average Bonchev–Trinajstić information content (AvgIpc) is 3.00. The van der Waals surface area contributed by atoms with Gasteiger partial charge in [0.15, 0.2) is 7.14 Å². The lowest BCUT2D eigenvalue weighted by atomic mass is 10.1. The predicted molar refractivity (Wildman–Crippen MR) is 108 cm³/mol. The largest absolute Gasteiger partial charge is 0.496 e. The minimum absolute atomic E-state index is 0.138. The van der Waals surface area contributed by atoms with Gasteiger partial charge in [0.1, 0.15) is 11.5 Å². The van der Waals surface area contributed by atoms with Gasteiger partial charge in [-0.15, -0.1) is 0 Å². The Labute approximate surface area is 158 Å². The summed E-state index contributed by atoms with van der Waals surface area (Å²) in [6, 6.07) is 24.2. The SMILES string of the molecule is COc1cccc2c1C(P(=O)(c1ccccc1)c1ccccc1)N(C)C2=O. The first kappa shape index (κ1) is 17.6. The molecule has 1 unspecified atom stereocenters. The van der Waals surface area contributed by atoms with Gasteiger partial charge in [0.05, 0.1) is 7.11 Å². The van der Waals surface area contributed by atoms with Crippen LogP contribution < -0.4 is 15.3 Å². The van der Waals surface area contributed by atoms with E-state index in [4.69, 9.17) is 4.74 Å². The van der Waals surface area contributed by atoms with E-state index in [-0.39, 0.29) is 5.91 Å². The van der Waals surface area contributed by atoms with Gasteiger partial charge >= 0.3 is 0 Å². The van der Waals surface area contributed by atoms with Crippen molar-refractivity contribution < 1.29 is 14.1 Å². The molecule has 3 aromatic carbocycles. The zero-order chi connectivity index (χ0) is 19.0. The molecule has 1 atom stereocenters. The fourth-order valence-electron chi connectivity index (χ4n) is 3.83. The Morgan fingerprint density at radius 3 is 1.93 bits per heavy atom. The van der Waals surface area contributed by atoms with Gasteiger partial charge in [0, 0.05) is 28.8 Å². The molecular formula is C22H20NO3P. The van der Waals surface area contributed by atoms with E-state index in [9.17, 15) is 9.36 Å². The number of ether oxygens (including phenoxy) is 1. The Morgan fingerprint density at radius 2 is 1.41 bits per heavy atom. The first-order valence-electron chi connectivity index (χ1n) is 8.74. The zero-order valence-electron chi connectivity index (χ0n) is 15.2. The third kappa shape index (κ3) is 2.60. The van der Waals surface area contributed by atoms with Crippen molar-refractivity contribution in [2.75, 3.05) is 14.2 Å². The summed E-state index contributed by atoms with van der Waals surface area (Å²) in [5.74, 6) is -0.163. The lowest BCUT2D eigenvalue weighted by Crippen LogP contribution is -2.30. The molecule has 27 heavy (non-hydrogen) atoms. The number of rotatable bonds is 4. The van der Waals surface area contributed by atoms with Gasteiger partial charge in [-0.1, -0.05) is 66.7 Å². The molecule has 4 rings (SSSR count). The Morgan fingerprint density at radius 1 is 0.852 bits per heavy atom. The molecule has 1 amide bonds. The second-order valence-electron chi connectivity index (χ2n) is 6.54. The molecule has 0 bridgehead atoms. The molecule has 0 saturated heterocycles. The minimum Gasteiger partial charge on any atom is -0.496 e. The molecule has 0 spiro atoms. The summed E-state index contributed by atoms with van der Waals surface area (Å²) in [5.41, 5.74) is 1.25. The second kappa shape index (κ2) is 6.71. The van der Waals surface area contributed by atoms with Crippen molar-refractivity contribution in [3.8, 4) is 5.75 Å². The standard InChI is InChI=1S/C22H20NO3P/c1-23-21(24)18-14-9-15-19(26-2)20(18)22(23)27(25,16-10-5-3-6-11-16)17-12-7-4-8-13-17/h3-15,22H,1-2H3. The molecule has 4 nitrogen and oxygen atoms in total. The summed E-state index contributed by atoms with van der Waals surface area (Å²) in [4.78, 5) is 14.5. The van der Waals surface area contributed by atoms with Crippen molar-refractivity contribution >= 4 is 23.7 Å². The van der Waals surface area contributed by atoms with Crippen LogP contribution in [-0.4, -0.2) is 25.0 Å². The summed E-state index contributed by atoms with van der Waals surface area (Å²) in [5, 5.41) is 1.44. The van der Waals surface area contributed by atoms with Crippen LogP contribution in [0.4, 0.5) is 0 Å². The fraction of sp³-hybridized carbons (Fsp3) is 0.136. The van der Waals surface area contributed by atoms with E-state index in [2.05, 4.69) is 0 Å². The van der Waals surface area contributed by atoms with Crippen LogP contribution in [0, 0.1) is 0 Å². The monoisotopic (exact) mass is 377 g/mol. The topological polar surface area (TPSA) is 46.6 Å². The van der Waals surface area contributed by atoms with Crippen LogP contribution in [0.25, 0.3) is 0 Å². The van der Waals surface area contributed by atoms with E-state index in [0.717, 1.165) is 10.6 Å². The zero-order valence-corrected chi connectivity index (χ0v) is 16.1. The van der Waals surface area contributed by atoms with Gasteiger partial charge in [0.2, 0.25) is 0 Å². The van der Waals surface area contributed by atoms with E-state index in [1.807, 2.05) is 66.7 Å². The number of benzene rings is 3. The van der Waals surface area contributed by atoms with E-state index in [0.29, 0.717) is 16.9 Å². The summed E-state index contributed by atoms with van der Waals surface area (Å²) in [7, 11) is 0.0755. The van der Waals surface area contributed by atoms with Gasteiger partial charge in [-0.2, -0.15) is 0 Å². The molecule has 1 aliphatic heterocycles. The summed E-state index contributed by atoms with van der Waals surface area (Å²) < 4.78 is 20.3. The number of amides is 1. The quantitative estimate of drug-likeness (QED) is 0.650. The van der Waals surface area contributed by atoms with Crippen molar-refractivity contribution in [2.24, 2.45) is 0 Å². The molecule has 0 aliphatic carbocycles. The van der Waals surface area contributed by atoms with E-state index in [1.54, 1.807) is 31.2 Å². The smallest absolute Gasteiger partial charge is 0.255 e. The van der Waals surface area contributed by atoms with Gasteiger partial charge < -0.3 is 14.2 Å². The number of hydrogen-bond acceptors (Lipinski definition) is 3. The van der Waals surface area contributed by atoms with Crippen molar-refractivity contribution in [3.05, 3.63) is 90.0 Å². The molecule has 0 fully saturated rings. The highest BCUT2D eigenvalue weighted by atomic mass is 31.2. The molecule has 3 aromatic rings. The third-order valence-electron chi connectivity index (χ3n) is 5.09. The molecular weight excluding hydrogens is 357 g/mol. The molecule has 1 aliphatic rings. The Bertz CT molecular complexity index is 990. The van der Waals surface area contributed by atoms with Crippen molar-refractivity contribution in [1.82, 2.24) is 4.90 Å². The Hall–Kier alpha value is -2.84. The molecule has 0 saturated carbocycles. The van der Waals surface area contributed by atoms with Gasteiger partial charge in [-0.25, -0.2) is 0 Å². The molecule has 0 aromatic heterocycles. The van der Waals surface area contributed by atoms with Gasteiger partial charge in [-0.05, 0) is 12.1 Å². The number of carbonyl (C=O) groups excluding carboxylic acids is 1. The lowest BCUT2D eigenvalue weighted by molar-refractivity contribution is 0.0808. The van der Waals surface area contributed by atoms with Crippen molar-refractivity contribution in [1.29, 1.82) is 0 Å². The number of nitrogens with zero attached hydrogens (tertiary/aromatic N) is 1. The van der Waals surface area contributed by atoms with Crippen molar-refractivity contribution in [2.45, 2.75) is 5.78 Å². The number of methoxy groups -OCH3 is 1. The summed E-state index contributed by atoms with van der Waals surface area (Å²) in [6.07, 6.45) is 0. The lowest BCUT2D eigenvalue weighted by Gasteiger charge is -2.31. The molecule has 5 heteroatoms. The highest BCUT2D eigenvalue weighted by molar-refractivity contribution is 7.79. The highest BCUT2D eigenvalue weighted by Crippen LogP contribution is 2.62. The van der Waals surface area contributed by atoms with E-state index < -0.39 is 12.9 Å². The van der Waals surface area contributed by atoms with Crippen LogP contribution in [0.2, 0.25) is 0 Å². The maximum absolute atomic E-state index is 14.8. The second-order valence-corrected chi connectivity index (χ2v) is 9.38. The first-order valence-corrected chi connectivity index (χ1v) is 10.5. The first-order chi connectivity index (χ1) is 13.1. The number of hydrogen-bond donors (Lipinski definition) is 0. The van der Waals surface area contributed by atoms with E-state index in [1.165, 1.54) is 0 Å². The van der Waals surface area contributed by atoms with Crippen LogP contribution in [0.15, 0.2) is 78.9 Å². The maximum Gasteiger partial charge on any atom is 0.255 e. The van der Waals surface area contributed by atoms with Crippen LogP contribution in [0.3, 0.4) is 0 Å². The van der Waals surface area contributed by atoms with Crippen LogP contribution >= 0.6 is 7.14 Å². The fourth-order valence-corrected chi connectivity index (χ4v) is 7.14. The Balaban J connectivity index is 2.04. The third-order valence-corrected chi connectivity index (χ3v) is 8.51. The van der Waals surface area contributed by atoms with Crippen LogP contribution in [0.5, 0.6) is 5.75 Å². The normalized spacial score (nSPS) is 16.3. The van der Waals surface area contributed by atoms with Crippen molar-refractivity contribution in [3.63, 3.8) is 0 Å². The molecule has 0 N–H and O–H groups in total. The molecule has 136 valence electrons.